The second kappa shape index (κ2) is 4.55. The minimum atomic E-state index is -0.884. The SMILES string of the molecule is CC(COC=O)C1OCC(O)C1O. The van der Waals surface area contributed by atoms with Crippen LogP contribution in [0.2, 0.25) is 0 Å². The molecular formula is C8H14O5. The molecule has 1 rings (SSSR count). The molecule has 13 heavy (non-hydrogen) atoms. The number of ether oxygens (including phenoxy) is 2. The molecule has 0 spiro atoms. The van der Waals surface area contributed by atoms with Gasteiger partial charge in [0.15, 0.2) is 0 Å². The third kappa shape index (κ3) is 2.40. The zero-order valence-corrected chi connectivity index (χ0v) is 7.42. The largest absolute Gasteiger partial charge is 0.468 e. The van der Waals surface area contributed by atoms with Gasteiger partial charge in [-0.05, 0) is 0 Å². The van der Waals surface area contributed by atoms with Crippen molar-refractivity contribution in [2.24, 2.45) is 5.92 Å². The number of aliphatic hydroxyl groups excluding tert-OH is 2. The van der Waals surface area contributed by atoms with Crippen LogP contribution in [0.1, 0.15) is 6.92 Å². The summed E-state index contributed by atoms with van der Waals surface area (Å²) >= 11 is 0. The summed E-state index contributed by atoms with van der Waals surface area (Å²) in [6.07, 6.45) is -2.16. The van der Waals surface area contributed by atoms with Crippen LogP contribution in [-0.4, -0.2) is 48.2 Å². The fourth-order valence-corrected chi connectivity index (χ4v) is 1.41. The van der Waals surface area contributed by atoms with Gasteiger partial charge in [-0.2, -0.15) is 0 Å². The van der Waals surface area contributed by atoms with Gasteiger partial charge in [-0.25, -0.2) is 0 Å². The van der Waals surface area contributed by atoms with Gasteiger partial charge in [-0.15, -0.1) is 0 Å². The van der Waals surface area contributed by atoms with E-state index in [4.69, 9.17) is 9.84 Å². The summed E-state index contributed by atoms with van der Waals surface area (Å²) in [6.45, 7) is 2.47. The lowest BCUT2D eigenvalue weighted by molar-refractivity contribution is -0.131. The lowest BCUT2D eigenvalue weighted by atomic mass is 10.00. The first-order valence-corrected chi connectivity index (χ1v) is 4.19. The predicted octanol–water partition coefficient (Wildman–Crippen LogP) is -1.08. The maximum Gasteiger partial charge on any atom is 0.293 e. The molecule has 0 saturated carbocycles. The van der Waals surface area contributed by atoms with Gasteiger partial charge in [0, 0.05) is 5.92 Å². The summed E-state index contributed by atoms with van der Waals surface area (Å²) in [4.78, 5) is 9.90. The van der Waals surface area contributed by atoms with Crippen LogP contribution in [0.5, 0.6) is 0 Å². The average Bonchev–Trinajstić information content (AvgIpc) is 2.44. The molecule has 4 unspecified atom stereocenters. The van der Waals surface area contributed by atoms with Crippen LogP contribution in [0.15, 0.2) is 0 Å². The van der Waals surface area contributed by atoms with Crippen molar-refractivity contribution in [2.45, 2.75) is 25.2 Å². The van der Waals surface area contributed by atoms with E-state index in [1.54, 1.807) is 6.92 Å². The highest BCUT2D eigenvalue weighted by atomic mass is 16.5. The summed E-state index contributed by atoms with van der Waals surface area (Å²) < 4.78 is 9.68. The lowest BCUT2D eigenvalue weighted by Gasteiger charge is -2.20. The molecule has 2 N–H and O–H groups in total. The van der Waals surface area contributed by atoms with Gasteiger partial charge in [0.2, 0.25) is 0 Å². The maximum atomic E-state index is 9.90. The zero-order valence-electron chi connectivity index (χ0n) is 7.42. The van der Waals surface area contributed by atoms with E-state index in [1.807, 2.05) is 0 Å². The van der Waals surface area contributed by atoms with Crippen molar-refractivity contribution < 1.29 is 24.5 Å². The number of carbonyl (C=O) groups excluding carboxylic acids is 1. The van der Waals surface area contributed by atoms with Gasteiger partial charge in [0.05, 0.1) is 19.3 Å². The highest BCUT2D eigenvalue weighted by Crippen LogP contribution is 2.21. The molecular weight excluding hydrogens is 176 g/mol. The van der Waals surface area contributed by atoms with E-state index in [1.165, 1.54) is 0 Å². The van der Waals surface area contributed by atoms with Gasteiger partial charge in [0.1, 0.15) is 12.2 Å². The van der Waals surface area contributed by atoms with E-state index >= 15 is 0 Å². The van der Waals surface area contributed by atoms with Crippen molar-refractivity contribution in [3.8, 4) is 0 Å². The van der Waals surface area contributed by atoms with Crippen LogP contribution >= 0.6 is 0 Å². The topological polar surface area (TPSA) is 76.0 Å². The van der Waals surface area contributed by atoms with Crippen molar-refractivity contribution in [3.63, 3.8) is 0 Å². The first kappa shape index (κ1) is 10.4. The van der Waals surface area contributed by atoms with Gasteiger partial charge >= 0.3 is 0 Å². The van der Waals surface area contributed by atoms with Crippen molar-refractivity contribution in [1.82, 2.24) is 0 Å². The molecule has 1 saturated heterocycles. The Morgan fingerprint density at radius 2 is 2.38 bits per heavy atom. The third-order valence-electron chi connectivity index (χ3n) is 2.18. The molecule has 1 aliphatic rings. The normalized spacial score (nSPS) is 35.8. The van der Waals surface area contributed by atoms with E-state index in [0.717, 1.165) is 0 Å². The minimum Gasteiger partial charge on any atom is -0.468 e. The number of rotatable bonds is 4. The van der Waals surface area contributed by atoms with Gasteiger partial charge in [0.25, 0.3) is 6.47 Å². The Balaban J connectivity index is 2.38. The second-order valence-corrected chi connectivity index (χ2v) is 3.26. The summed E-state index contributed by atoms with van der Waals surface area (Å²) in [6, 6.07) is 0. The number of carbonyl (C=O) groups is 1. The molecule has 0 aromatic carbocycles. The van der Waals surface area contributed by atoms with E-state index in [2.05, 4.69) is 4.74 Å². The summed E-state index contributed by atoms with van der Waals surface area (Å²) in [7, 11) is 0. The molecule has 1 fully saturated rings. The van der Waals surface area contributed by atoms with Gasteiger partial charge in [-0.1, -0.05) is 6.92 Å². The second-order valence-electron chi connectivity index (χ2n) is 3.26. The molecule has 5 heteroatoms. The first-order chi connectivity index (χ1) is 6.16. The van der Waals surface area contributed by atoms with Crippen LogP contribution in [0.25, 0.3) is 0 Å². The molecule has 0 aromatic rings. The van der Waals surface area contributed by atoms with E-state index in [-0.39, 0.29) is 19.1 Å². The van der Waals surface area contributed by atoms with Crippen LogP contribution in [-0.2, 0) is 14.3 Å². The van der Waals surface area contributed by atoms with Gasteiger partial charge in [-0.3, -0.25) is 4.79 Å². The van der Waals surface area contributed by atoms with E-state index in [9.17, 15) is 9.90 Å². The molecule has 0 radical (unpaired) electrons. The maximum absolute atomic E-state index is 9.90. The van der Waals surface area contributed by atoms with Gasteiger partial charge < -0.3 is 19.7 Å². The minimum absolute atomic E-state index is 0.114. The number of hydrogen-bond donors (Lipinski definition) is 2. The monoisotopic (exact) mass is 190 g/mol. The molecule has 1 aliphatic heterocycles. The molecule has 1 heterocycles. The Morgan fingerprint density at radius 3 is 2.85 bits per heavy atom. The van der Waals surface area contributed by atoms with Crippen LogP contribution in [0.4, 0.5) is 0 Å². The molecule has 0 aromatic heterocycles. The average molecular weight is 190 g/mol. The lowest BCUT2D eigenvalue weighted by Crippen LogP contribution is -2.35. The predicted molar refractivity (Wildman–Crippen MR) is 42.9 cm³/mol. The van der Waals surface area contributed by atoms with Crippen molar-refractivity contribution in [1.29, 1.82) is 0 Å². The molecule has 0 aliphatic carbocycles. The standard InChI is InChI=1S/C8H14O5/c1-5(2-12-4-9)8-7(11)6(10)3-13-8/h4-8,10-11H,2-3H2,1H3. The van der Waals surface area contributed by atoms with Crippen molar-refractivity contribution in [3.05, 3.63) is 0 Å². The Hall–Kier alpha value is -0.650. The van der Waals surface area contributed by atoms with Crippen LogP contribution < -0.4 is 0 Å². The Kier molecular flexibility index (Phi) is 3.65. The Morgan fingerprint density at radius 1 is 1.69 bits per heavy atom. The Labute approximate surface area is 76.3 Å². The fraction of sp³-hybridized carbons (Fsp3) is 0.875. The Bertz CT molecular complexity index is 172. The summed E-state index contributed by atoms with van der Waals surface area (Å²) in [5.41, 5.74) is 0. The van der Waals surface area contributed by atoms with Crippen LogP contribution in [0.3, 0.4) is 0 Å². The quantitative estimate of drug-likeness (QED) is 0.551. The first-order valence-electron chi connectivity index (χ1n) is 4.19. The number of hydrogen-bond acceptors (Lipinski definition) is 5. The smallest absolute Gasteiger partial charge is 0.293 e. The molecule has 0 amide bonds. The van der Waals surface area contributed by atoms with Crippen LogP contribution in [0, 0.1) is 5.92 Å². The highest BCUT2D eigenvalue weighted by Gasteiger charge is 2.38. The molecule has 5 nitrogen and oxygen atoms in total. The van der Waals surface area contributed by atoms with E-state index < -0.39 is 18.3 Å². The van der Waals surface area contributed by atoms with E-state index in [0.29, 0.717) is 6.47 Å². The highest BCUT2D eigenvalue weighted by molar-refractivity contribution is 5.36. The fourth-order valence-electron chi connectivity index (χ4n) is 1.41. The third-order valence-corrected chi connectivity index (χ3v) is 2.18. The van der Waals surface area contributed by atoms with Crippen molar-refractivity contribution in [2.75, 3.05) is 13.2 Å². The number of aliphatic hydroxyl groups is 2. The summed E-state index contributed by atoms with van der Waals surface area (Å²) in [5, 5.41) is 18.6. The molecule has 76 valence electrons. The summed E-state index contributed by atoms with van der Waals surface area (Å²) in [5.74, 6) is -0.114. The molecule has 4 atom stereocenters. The van der Waals surface area contributed by atoms with Crippen molar-refractivity contribution >= 4 is 6.47 Å². The molecule has 0 bridgehead atoms. The zero-order chi connectivity index (χ0) is 9.84.